The van der Waals surface area contributed by atoms with Gasteiger partial charge >= 0.3 is 5.97 Å². The topological polar surface area (TPSA) is 66.8 Å². The van der Waals surface area contributed by atoms with Gasteiger partial charge in [-0.2, -0.15) is 0 Å². The van der Waals surface area contributed by atoms with Gasteiger partial charge in [-0.1, -0.05) is 25.5 Å². The molecule has 1 heterocycles. The van der Waals surface area contributed by atoms with Crippen LogP contribution in [0, 0.1) is 28.6 Å². The van der Waals surface area contributed by atoms with Crippen LogP contribution in [0.2, 0.25) is 0 Å². The highest BCUT2D eigenvalue weighted by molar-refractivity contribution is 5.80. The van der Waals surface area contributed by atoms with Crippen LogP contribution < -0.4 is 0 Å². The zero-order chi connectivity index (χ0) is 19.4. The molecule has 0 unspecified atom stereocenters. The summed E-state index contributed by atoms with van der Waals surface area (Å²) in [6.45, 7) is 4.55. The van der Waals surface area contributed by atoms with Crippen LogP contribution in [-0.2, 0) is 14.3 Å². The Hall–Kier alpha value is -1.62. The number of fused-ring (bicyclic) bond motifs is 5. The first-order valence-corrected chi connectivity index (χ1v) is 10.3. The fourth-order valence-corrected chi connectivity index (χ4v) is 6.56. The second kappa shape index (κ2) is 6.47. The van der Waals surface area contributed by atoms with E-state index >= 15 is 0 Å². The number of esters is 1. The Kier molecular flexibility index (Phi) is 4.49. The van der Waals surface area contributed by atoms with Crippen LogP contribution in [-0.4, -0.2) is 42.1 Å². The van der Waals surface area contributed by atoms with E-state index in [1.165, 1.54) is 5.57 Å². The molecule has 1 amide bonds. The second-order valence-corrected chi connectivity index (χ2v) is 9.26. The van der Waals surface area contributed by atoms with Gasteiger partial charge in [-0.05, 0) is 55.4 Å². The number of aliphatic hydroxyl groups excluding tert-OH is 1. The third kappa shape index (κ3) is 2.61. The number of amides is 1. The number of hydrogen-bond donors (Lipinski definition) is 1. The summed E-state index contributed by atoms with van der Waals surface area (Å²) in [4.78, 5) is 26.6. The van der Waals surface area contributed by atoms with Crippen molar-refractivity contribution in [2.75, 3.05) is 20.3 Å². The van der Waals surface area contributed by atoms with Crippen molar-refractivity contribution in [2.24, 2.45) is 28.6 Å². The second-order valence-electron chi connectivity index (χ2n) is 9.26. The summed E-state index contributed by atoms with van der Waals surface area (Å²) in [6.07, 6.45) is 9.89. The lowest BCUT2D eigenvalue weighted by molar-refractivity contribution is -0.154. The van der Waals surface area contributed by atoms with E-state index in [0.717, 1.165) is 37.8 Å². The number of nitrogens with zero attached hydrogens (tertiary/aromatic N) is 1. The molecular formula is C22H31NO4. The first kappa shape index (κ1) is 18.7. The Labute approximate surface area is 161 Å². The Morgan fingerprint density at radius 3 is 2.74 bits per heavy atom. The van der Waals surface area contributed by atoms with Crippen LogP contribution in [0.25, 0.3) is 0 Å². The molecule has 5 heteroatoms. The van der Waals surface area contributed by atoms with E-state index in [2.05, 4.69) is 26.0 Å². The molecule has 5 atom stereocenters. The predicted octanol–water partition coefficient (Wildman–Crippen LogP) is 3.05. The minimum Gasteiger partial charge on any atom is -0.463 e. The molecular weight excluding hydrogens is 342 g/mol. The van der Waals surface area contributed by atoms with Gasteiger partial charge in [-0.3, -0.25) is 9.59 Å². The average Bonchev–Trinajstić information content (AvgIpc) is 3.00. The van der Waals surface area contributed by atoms with Crippen molar-refractivity contribution in [2.45, 2.75) is 52.4 Å². The van der Waals surface area contributed by atoms with Gasteiger partial charge in [0.15, 0.2) is 0 Å². The zero-order valence-corrected chi connectivity index (χ0v) is 16.7. The molecule has 0 radical (unpaired) electrons. The molecule has 2 saturated carbocycles. The maximum Gasteiger partial charge on any atom is 0.309 e. The van der Waals surface area contributed by atoms with E-state index in [1.807, 2.05) is 11.9 Å². The van der Waals surface area contributed by atoms with Crippen LogP contribution >= 0.6 is 0 Å². The van der Waals surface area contributed by atoms with E-state index in [9.17, 15) is 9.59 Å². The fraction of sp³-hybridized carbons (Fsp3) is 0.727. The van der Waals surface area contributed by atoms with Crippen molar-refractivity contribution >= 4 is 11.9 Å². The lowest BCUT2D eigenvalue weighted by Crippen LogP contribution is -2.50. The smallest absolute Gasteiger partial charge is 0.309 e. The van der Waals surface area contributed by atoms with Crippen molar-refractivity contribution in [3.63, 3.8) is 0 Å². The third-order valence-corrected chi connectivity index (χ3v) is 8.11. The SMILES string of the molecule is CN1C(=O)CC[C@@]2(C)C1=CC=C1[C@@H]3CC[C@H](C(=O)OCCO)[C@@]3(C)CC[C@@H]12. The average molecular weight is 373 g/mol. The molecule has 0 aromatic rings. The molecule has 1 N–H and O–H groups in total. The Morgan fingerprint density at radius 2 is 2.00 bits per heavy atom. The minimum atomic E-state index is -0.144. The highest BCUT2D eigenvalue weighted by atomic mass is 16.5. The summed E-state index contributed by atoms with van der Waals surface area (Å²) in [5, 5.41) is 8.97. The lowest BCUT2D eigenvalue weighted by atomic mass is 9.52. The van der Waals surface area contributed by atoms with Gasteiger partial charge in [0.1, 0.15) is 6.61 Å². The van der Waals surface area contributed by atoms with Crippen LogP contribution in [0.1, 0.15) is 52.4 Å². The Morgan fingerprint density at radius 1 is 1.22 bits per heavy atom. The van der Waals surface area contributed by atoms with Crippen molar-refractivity contribution in [1.82, 2.24) is 4.90 Å². The third-order valence-electron chi connectivity index (χ3n) is 8.11. The van der Waals surface area contributed by atoms with Gasteiger partial charge in [-0.15, -0.1) is 0 Å². The Bertz CT molecular complexity index is 726. The Balaban J connectivity index is 1.65. The van der Waals surface area contributed by atoms with Gasteiger partial charge in [0.25, 0.3) is 0 Å². The van der Waals surface area contributed by atoms with Crippen molar-refractivity contribution in [1.29, 1.82) is 0 Å². The van der Waals surface area contributed by atoms with E-state index in [-0.39, 0.29) is 41.8 Å². The molecule has 27 heavy (non-hydrogen) atoms. The number of carbonyl (C=O) groups excluding carboxylic acids is 2. The number of ether oxygens (including phenoxy) is 1. The standard InChI is InChI=1S/C22H31NO4/c1-21-10-8-16-14(15(21)5-6-17(21)20(26)27-13-12-24)4-7-18-22(16,2)11-9-19(25)23(18)3/h4,7,15-17,24H,5-6,8-13H2,1-3H3/t15-,16-,17+,21-,22+/m0/s1. The van der Waals surface area contributed by atoms with Crippen LogP contribution in [0.3, 0.4) is 0 Å². The lowest BCUT2D eigenvalue weighted by Gasteiger charge is -2.55. The molecule has 0 bridgehead atoms. The number of aliphatic hydroxyl groups is 1. The molecule has 1 saturated heterocycles. The fourth-order valence-electron chi connectivity index (χ4n) is 6.56. The van der Waals surface area contributed by atoms with Crippen LogP contribution in [0.4, 0.5) is 0 Å². The molecule has 0 spiro atoms. The van der Waals surface area contributed by atoms with E-state index < -0.39 is 0 Å². The van der Waals surface area contributed by atoms with Crippen molar-refractivity contribution in [3.05, 3.63) is 23.4 Å². The summed E-state index contributed by atoms with van der Waals surface area (Å²) in [6, 6.07) is 0. The van der Waals surface area contributed by atoms with Gasteiger partial charge in [-0.25, -0.2) is 0 Å². The van der Waals surface area contributed by atoms with Gasteiger partial charge in [0.05, 0.1) is 12.5 Å². The summed E-state index contributed by atoms with van der Waals surface area (Å²) in [5.74, 6) is 0.849. The summed E-state index contributed by atoms with van der Waals surface area (Å²) in [5.41, 5.74) is 2.60. The van der Waals surface area contributed by atoms with Crippen LogP contribution in [0.5, 0.6) is 0 Å². The first-order chi connectivity index (χ1) is 12.8. The maximum atomic E-state index is 12.6. The van der Waals surface area contributed by atoms with Gasteiger partial charge in [0.2, 0.25) is 5.91 Å². The molecule has 3 aliphatic carbocycles. The highest BCUT2D eigenvalue weighted by Crippen LogP contribution is 2.64. The molecule has 0 aromatic heterocycles. The monoisotopic (exact) mass is 373 g/mol. The molecule has 0 aromatic carbocycles. The summed E-state index contributed by atoms with van der Waals surface area (Å²) >= 11 is 0. The number of piperidine rings is 1. The van der Waals surface area contributed by atoms with E-state index in [4.69, 9.17) is 9.84 Å². The number of carbonyl (C=O) groups is 2. The normalized spacial score (nSPS) is 40.5. The van der Waals surface area contributed by atoms with Gasteiger partial charge < -0.3 is 14.7 Å². The molecule has 3 fully saturated rings. The number of allylic oxidation sites excluding steroid dienone is 4. The van der Waals surface area contributed by atoms with Crippen molar-refractivity contribution < 1.29 is 19.4 Å². The van der Waals surface area contributed by atoms with Crippen molar-refractivity contribution in [3.8, 4) is 0 Å². The van der Waals surface area contributed by atoms with E-state index in [1.54, 1.807) is 0 Å². The summed E-state index contributed by atoms with van der Waals surface area (Å²) < 4.78 is 5.29. The molecule has 148 valence electrons. The van der Waals surface area contributed by atoms with E-state index in [0.29, 0.717) is 18.3 Å². The largest absolute Gasteiger partial charge is 0.463 e. The zero-order valence-electron chi connectivity index (χ0n) is 16.7. The predicted molar refractivity (Wildman–Crippen MR) is 101 cm³/mol. The number of hydrogen-bond acceptors (Lipinski definition) is 4. The number of likely N-dealkylation sites (tertiary alicyclic amines) is 1. The molecule has 4 aliphatic rings. The summed E-state index contributed by atoms with van der Waals surface area (Å²) in [7, 11) is 1.90. The quantitative estimate of drug-likeness (QED) is 0.772. The highest BCUT2D eigenvalue weighted by Gasteiger charge is 2.58. The molecule has 1 aliphatic heterocycles. The van der Waals surface area contributed by atoms with Crippen LogP contribution in [0.15, 0.2) is 23.4 Å². The minimum absolute atomic E-state index is 0.0174. The van der Waals surface area contributed by atoms with Gasteiger partial charge in [0, 0.05) is 24.6 Å². The first-order valence-electron chi connectivity index (χ1n) is 10.3. The molecule has 4 rings (SSSR count). The number of rotatable bonds is 3. The molecule has 5 nitrogen and oxygen atoms in total. The maximum absolute atomic E-state index is 12.6.